The third-order valence-electron chi connectivity index (χ3n) is 4.82. The molecule has 0 saturated heterocycles. The molecule has 1 amide bonds. The molecule has 2 aromatic carbocycles. The molecule has 1 aromatic heterocycles. The van der Waals surface area contributed by atoms with E-state index in [0.29, 0.717) is 29.3 Å². The number of aryl methyl sites for hydroxylation is 1. The number of benzene rings is 2. The van der Waals surface area contributed by atoms with Crippen molar-refractivity contribution in [2.24, 2.45) is 0 Å². The number of hydrogen-bond donors (Lipinski definition) is 1. The molecular formula is C23H25N3O4. The molecule has 30 heavy (non-hydrogen) atoms. The van der Waals surface area contributed by atoms with Gasteiger partial charge < -0.3 is 14.8 Å². The molecule has 0 bridgehead atoms. The maximum atomic E-state index is 13.0. The van der Waals surface area contributed by atoms with Crippen LogP contribution in [0.15, 0.2) is 59.4 Å². The number of carbonyl (C=O) groups excluding carboxylic acids is 1. The van der Waals surface area contributed by atoms with Gasteiger partial charge in [-0.2, -0.15) is 5.10 Å². The van der Waals surface area contributed by atoms with Crippen molar-refractivity contribution < 1.29 is 14.3 Å². The molecule has 1 heterocycles. The molecule has 0 aliphatic heterocycles. The fourth-order valence-corrected chi connectivity index (χ4v) is 3.11. The topological polar surface area (TPSA) is 82.4 Å². The van der Waals surface area contributed by atoms with Crippen molar-refractivity contribution in [3.8, 4) is 22.8 Å². The van der Waals surface area contributed by atoms with Gasteiger partial charge in [-0.3, -0.25) is 9.59 Å². The van der Waals surface area contributed by atoms with Gasteiger partial charge in [-0.15, -0.1) is 0 Å². The standard InChI is InChI=1S/C23H25N3O4/c1-5-20(23(28)24-19-11-10-17(29-3)14-21(19)30-4)26-22(27)13-12-18(25-26)16-8-6-15(2)7-9-16/h6-14,20H,5H2,1-4H3,(H,24,28)/t20-/m1/s1. The first-order chi connectivity index (χ1) is 14.5. The fraction of sp³-hybridized carbons (Fsp3) is 0.261. The summed E-state index contributed by atoms with van der Waals surface area (Å²) in [6, 6.07) is 15.3. The first-order valence-corrected chi connectivity index (χ1v) is 9.66. The fourth-order valence-electron chi connectivity index (χ4n) is 3.11. The number of amides is 1. The summed E-state index contributed by atoms with van der Waals surface area (Å²) in [6.45, 7) is 3.84. The first-order valence-electron chi connectivity index (χ1n) is 9.66. The van der Waals surface area contributed by atoms with Gasteiger partial charge in [0.2, 0.25) is 5.91 Å². The van der Waals surface area contributed by atoms with Gasteiger partial charge in [0.15, 0.2) is 0 Å². The third-order valence-corrected chi connectivity index (χ3v) is 4.82. The lowest BCUT2D eigenvalue weighted by molar-refractivity contribution is -0.119. The van der Waals surface area contributed by atoms with Crippen molar-refractivity contribution in [2.75, 3.05) is 19.5 Å². The molecule has 1 atom stereocenters. The Kier molecular flexibility index (Phi) is 6.51. The first kappa shape index (κ1) is 21.1. The molecule has 0 saturated carbocycles. The summed E-state index contributed by atoms with van der Waals surface area (Å²) in [5.41, 5.74) is 2.79. The van der Waals surface area contributed by atoms with Gasteiger partial charge in [-0.05, 0) is 31.5 Å². The summed E-state index contributed by atoms with van der Waals surface area (Å²) in [4.78, 5) is 25.5. The minimum Gasteiger partial charge on any atom is -0.497 e. The Hall–Kier alpha value is -3.61. The van der Waals surface area contributed by atoms with Crippen molar-refractivity contribution in [1.29, 1.82) is 0 Å². The van der Waals surface area contributed by atoms with Crippen LogP contribution >= 0.6 is 0 Å². The minimum absolute atomic E-state index is 0.338. The number of rotatable bonds is 7. The Morgan fingerprint density at radius 1 is 1.07 bits per heavy atom. The van der Waals surface area contributed by atoms with E-state index in [1.807, 2.05) is 38.1 Å². The highest BCUT2D eigenvalue weighted by molar-refractivity contribution is 5.95. The van der Waals surface area contributed by atoms with E-state index in [1.165, 1.54) is 17.9 Å². The van der Waals surface area contributed by atoms with Crippen LogP contribution in [0.5, 0.6) is 11.5 Å². The van der Waals surface area contributed by atoms with E-state index in [1.54, 1.807) is 31.4 Å². The summed E-state index contributed by atoms with van der Waals surface area (Å²) in [6.07, 6.45) is 0.397. The Balaban J connectivity index is 1.92. The van der Waals surface area contributed by atoms with Gasteiger partial charge in [0.1, 0.15) is 17.5 Å². The molecule has 3 rings (SSSR count). The van der Waals surface area contributed by atoms with Crippen LogP contribution in [-0.2, 0) is 4.79 Å². The highest BCUT2D eigenvalue weighted by atomic mass is 16.5. The average Bonchev–Trinajstić information content (AvgIpc) is 2.76. The van der Waals surface area contributed by atoms with Crippen molar-refractivity contribution in [1.82, 2.24) is 9.78 Å². The Bertz CT molecular complexity index is 1090. The number of carbonyl (C=O) groups is 1. The van der Waals surface area contributed by atoms with Crippen LogP contribution in [0.1, 0.15) is 24.9 Å². The molecule has 0 spiro atoms. The van der Waals surface area contributed by atoms with E-state index < -0.39 is 6.04 Å². The van der Waals surface area contributed by atoms with Crippen molar-refractivity contribution in [3.05, 3.63) is 70.5 Å². The number of methoxy groups -OCH3 is 2. The van der Waals surface area contributed by atoms with E-state index in [4.69, 9.17) is 9.47 Å². The number of nitrogens with one attached hydrogen (secondary N) is 1. The maximum absolute atomic E-state index is 13.0. The summed E-state index contributed by atoms with van der Waals surface area (Å²) < 4.78 is 11.8. The predicted molar refractivity (Wildman–Crippen MR) is 116 cm³/mol. The number of nitrogens with zero attached hydrogens (tertiary/aromatic N) is 2. The van der Waals surface area contributed by atoms with Gasteiger partial charge in [0.25, 0.3) is 5.56 Å². The quantitative estimate of drug-likeness (QED) is 0.644. The van der Waals surface area contributed by atoms with E-state index in [9.17, 15) is 9.59 Å². The van der Waals surface area contributed by atoms with Gasteiger partial charge in [0.05, 0.1) is 25.6 Å². The lowest BCUT2D eigenvalue weighted by atomic mass is 10.1. The molecule has 156 valence electrons. The zero-order valence-electron chi connectivity index (χ0n) is 17.5. The molecule has 0 aliphatic rings. The van der Waals surface area contributed by atoms with Crippen LogP contribution in [0.4, 0.5) is 5.69 Å². The zero-order valence-corrected chi connectivity index (χ0v) is 17.5. The summed E-state index contributed by atoms with van der Waals surface area (Å²) in [5, 5.41) is 7.31. The molecule has 3 aromatic rings. The molecular weight excluding hydrogens is 382 g/mol. The maximum Gasteiger partial charge on any atom is 0.267 e. The highest BCUT2D eigenvalue weighted by Crippen LogP contribution is 2.30. The summed E-state index contributed by atoms with van der Waals surface area (Å²) >= 11 is 0. The van der Waals surface area contributed by atoms with Crippen molar-refractivity contribution in [2.45, 2.75) is 26.3 Å². The van der Waals surface area contributed by atoms with E-state index >= 15 is 0 Å². The van der Waals surface area contributed by atoms with E-state index in [-0.39, 0.29) is 11.5 Å². The van der Waals surface area contributed by atoms with Gasteiger partial charge in [-0.25, -0.2) is 4.68 Å². The average molecular weight is 407 g/mol. The minimum atomic E-state index is -0.769. The predicted octanol–water partition coefficient (Wildman–Crippen LogP) is 3.83. The van der Waals surface area contributed by atoms with Crippen LogP contribution in [0.3, 0.4) is 0 Å². The largest absolute Gasteiger partial charge is 0.497 e. The van der Waals surface area contributed by atoms with Crippen molar-refractivity contribution >= 4 is 11.6 Å². The second kappa shape index (κ2) is 9.26. The Morgan fingerprint density at radius 2 is 1.80 bits per heavy atom. The van der Waals surface area contributed by atoms with Crippen LogP contribution in [-0.4, -0.2) is 29.9 Å². The van der Waals surface area contributed by atoms with Crippen LogP contribution < -0.4 is 20.3 Å². The molecule has 0 aliphatic carbocycles. The van der Waals surface area contributed by atoms with Crippen LogP contribution in [0.2, 0.25) is 0 Å². The van der Waals surface area contributed by atoms with Crippen molar-refractivity contribution in [3.63, 3.8) is 0 Å². The Morgan fingerprint density at radius 3 is 2.43 bits per heavy atom. The molecule has 0 fully saturated rings. The zero-order chi connectivity index (χ0) is 21.7. The molecule has 0 unspecified atom stereocenters. The van der Waals surface area contributed by atoms with Gasteiger partial charge in [-0.1, -0.05) is 36.8 Å². The summed E-state index contributed by atoms with van der Waals surface area (Å²) in [5.74, 6) is 0.725. The van der Waals surface area contributed by atoms with Gasteiger partial charge in [0, 0.05) is 17.7 Å². The third kappa shape index (κ3) is 4.51. The number of hydrogen-bond acceptors (Lipinski definition) is 5. The molecule has 7 nitrogen and oxygen atoms in total. The number of anilines is 1. The lowest BCUT2D eigenvalue weighted by Gasteiger charge is -2.19. The number of ether oxygens (including phenoxy) is 2. The lowest BCUT2D eigenvalue weighted by Crippen LogP contribution is -2.34. The SMILES string of the molecule is CC[C@H](C(=O)Nc1ccc(OC)cc1OC)n1nc(-c2ccc(C)cc2)ccc1=O. The molecule has 0 radical (unpaired) electrons. The van der Waals surface area contributed by atoms with E-state index in [2.05, 4.69) is 10.4 Å². The summed E-state index contributed by atoms with van der Waals surface area (Å²) in [7, 11) is 3.07. The van der Waals surface area contributed by atoms with Gasteiger partial charge >= 0.3 is 0 Å². The normalized spacial score (nSPS) is 11.6. The monoisotopic (exact) mass is 407 g/mol. The Labute approximate surface area is 175 Å². The number of aromatic nitrogens is 2. The second-order valence-corrected chi connectivity index (χ2v) is 6.85. The second-order valence-electron chi connectivity index (χ2n) is 6.85. The van der Waals surface area contributed by atoms with E-state index in [0.717, 1.165) is 11.1 Å². The highest BCUT2D eigenvalue weighted by Gasteiger charge is 2.22. The van der Waals surface area contributed by atoms with Crippen LogP contribution in [0.25, 0.3) is 11.3 Å². The smallest absolute Gasteiger partial charge is 0.267 e. The van der Waals surface area contributed by atoms with Crippen LogP contribution in [0, 0.1) is 6.92 Å². The molecule has 1 N–H and O–H groups in total. The molecule has 7 heteroatoms.